The van der Waals surface area contributed by atoms with Gasteiger partial charge in [-0.25, -0.2) is 17.6 Å². The Balaban J connectivity index is 1.60. The summed E-state index contributed by atoms with van der Waals surface area (Å²) in [5, 5.41) is 8.74. The van der Waals surface area contributed by atoms with Crippen molar-refractivity contribution in [2.45, 2.75) is 69.2 Å². The third-order valence-corrected chi connectivity index (χ3v) is 9.41. The second kappa shape index (κ2) is 9.03. The van der Waals surface area contributed by atoms with Crippen LogP contribution in [0.2, 0.25) is 0 Å². The summed E-state index contributed by atoms with van der Waals surface area (Å²) in [5.41, 5.74) is 1.73. The minimum absolute atomic E-state index is 0.0167. The van der Waals surface area contributed by atoms with E-state index in [1.807, 2.05) is 43.3 Å². The van der Waals surface area contributed by atoms with E-state index >= 15 is 4.39 Å². The Morgan fingerprint density at radius 1 is 1.18 bits per heavy atom. The van der Waals surface area contributed by atoms with Crippen LogP contribution in [-0.2, 0) is 26.8 Å². The van der Waals surface area contributed by atoms with Crippen molar-refractivity contribution < 1.29 is 22.7 Å². The van der Waals surface area contributed by atoms with E-state index < -0.39 is 32.5 Å². The smallest absolute Gasteiger partial charge is 0.331 e. The van der Waals surface area contributed by atoms with Crippen LogP contribution in [0.15, 0.2) is 60.2 Å². The Morgan fingerprint density at radius 2 is 1.88 bits per heavy atom. The minimum Gasteiger partial charge on any atom is -0.478 e. The first kappa shape index (κ1) is 23.6. The van der Waals surface area contributed by atoms with E-state index in [1.165, 1.54) is 10.4 Å². The Hall–Kier alpha value is -2.51. The maximum atomic E-state index is 15.2. The van der Waals surface area contributed by atoms with Crippen molar-refractivity contribution in [1.82, 2.24) is 4.31 Å². The summed E-state index contributed by atoms with van der Waals surface area (Å²) in [5.74, 6) is -1.40. The van der Waals surface area contributed by atoms with E-state index in [9.17, 15) is 18.3 Å². The number of allylic oxidation sites excluding steroid dienone is 1. The van der Waals surface area contributed by atoms with Crippen molar-refractivity contribution in [3.8, 4) is 0 Å². The second-order valence-electron chi connectivity index (χ2n) is 9.21. The molecule has 0 amide bonds. The molecule has 2 atom stereocenters. The maximum absolute atomic E-state index is 15.2. The molecule has 2 fully saturated rings. The number of halogens is 1. The number of carboxylic acid groups (broad SMARTS) is 1. The Kier molecular flexibility index (Phi) is 6.47. The molecule has 2 aliphatic rings. The summed E-state index contributed by atoms with van der Waals surface area (Å²) in [7, 11) is -3.64. The molecule has 0 radical (unpaired) electrons. The molecule has 1 aliphatic heterocycles. The van der Waals surface area contributed by atoms with Gasteiger partial charge in [0.2, 0.25) is 10.0 Å². The quantitative estimate of drug-likeness (QED) is 0.554. The zero-order valence-electron chi connectivity index (χ0n) is 19.0. The van der Waals surface area contributed by atoms with Crippen molar-refractivity contribution in [2.75, 3.05) is 0 Å². The van der Waals surface area contributed by atoms with Gasteiger partial charge in [-0.3, -0.25) is 0 Å². The maximum Gasteiger partial charge on any atom is 0.331 e. The van der Waals surface area contributed by atoms with Gasteiger partial charge in [0.25, 0.3) is 0 Å². The fraction of sp³-hybridized carbons (Fsp3) is 0.423. The lowest BCUT2D eigenvalue weighted by molar-refractivity contribution is -0.132. The van der Waals surface area contributed by atoms with Gasteiger partial charge >= 0.3 is 5.97 Å². The number of nitrogens with zero attached hydrogens (tertiary/aromatic N) is 1. The minimum atomic E-state index is -3.64. The topological polar surface area (TPSA) is 74.7 Å². The van der Waals surface area contributed by atoms with E-state index in [4.69, 9.17) is 0 Å². The molecule has 2 aromatic rings. The highest BCUT2D eigenvalue weighted by atomic mass is 32.2. The summed E-state index contributed by atoms with van der Waals surface area (Å²) < 4.78 is 43.5. The highest BCUT2D eigenvalue weighted by Gasteiger charge is 2.44. The number of benzene rings is 2. The molecule has 7 heteroatoms. The molecule has 1 saturated carbocycles. The lowest BCUT2D eigenvalue weighted by Crippen LogP contribution is -2.44. The molecule has 1 N–H and O–H groups in total. The van der Waals surface area contributed by atoms with Crippen LogP contribution in [0.25, 0.3) is 0 Å². The van der Waals surface area contributed by atoms with Crippen molar-refractivity contribution >= 4 is 16.0 Å². The number of hydrogen-bond acceptors (Lipinski definition) is 3. The fourth-order valence-electron chi connectivity index (χ4n) is 4.80. The molecule has 1 heterocycles. The van der Waals surface area contributed by atoms with Gasteiger partial charge in [0.05, 0.1) is 0 Å². The van der Waals surface area contributed by atoms with Crippen LogP contribution in [0.1, 0.15) is 67.9 Å². The average Bonchev–Trinajstić information content (AvgIpc) is 3.57. The first-order valence-electron chi connectivity index (χ1n) is 11.5. The zero-order chi connectivity index (χ0) is 23.8. The van der Waals surface area contributed by atoms with Gasteiger partial charge in [0.15, 0.2) is 0 Å². The van der Waals surface area contributed by atoms with E-state index in [1.54, 1.807) is 19.1 Å². The lowest BCUT2D eigenvalue weighted by atomic mass is 9.91. The second-order valence-corrected chi connectivity index (χ2v) is 11.3. The summed E-state index contributed by atoms with van der Waals surface area (Å²) >= 11 is 0. The van der Waals surface area contributed by atoms with Gasteiger partial charge < -0.3 is 5.11 Å². The zero-order valence-corrected chi connectivity index (χ0v) is 19.8. The van der Waals surface area contributed by atoms with Crippen molar-refractivity contribution in [3.05, 3.63) is 82.7 Å². The number of carbonyl (C=O) groups is 1. The molecule has 4 rings (SSSR count). The number of sulfonamides is 1. The first-order chi connectivity index (χ1) is 15.7. The molecule has 2 aromatic carbocycles. The summed E-state index contributed by atoms with van der Waals surface area (Å²) in [4.78, 5) is 11.4. The van der Waals surface area contributed by atoms with E-state index in [-0.39, 0.29) is 12.6 Å². The number of rotatable bonds is 7. The van der Waals surface area contributed by atoms with E-state index in [0.717, 1.165) is 24.0 Å². The standard InChI is InChI=1S/C26H30FNO4S/c1-3-19(25(29)30)16-26(13-14-26)22-11-10-21(23(27)15-22)17-28-18(2)9-12-24(33(28,31)32)20-7-5-4-6-8-20/h4-8,10-11,15-16,18,24H,3,9,12-14,17H2,1-2H3,(H,29,30)/b19-16+/t18-,24+/m0/s1. The molecular formula is C26H30FNO4S. The third-order valence-electron chi connectivity index (χ3n) is 7.04. The third kappa shape index (κ3) is 4.62. The van der Waals surface area contributed by atoms with Gasteiger partial charge in [-0.05, 0) is 56.2 Å². The van der Waals surface area contributed by atoms with Gasteiger partial charge in [-0.1, -0.05) is 55.5 Å². The Labute approximate surface area is 195 Å². The SMILES string of the molecule is CC/C(=C\C1(c2ccc(CN3[C@@H](C)CC[C@H](c4ccccc4)S3(=O)=O)c(F)c2)CC1)C(=O)O. The van der Waals surface area contributed by atoms with Crippen LogP contribution in [0.5, 0.6) is 0 Å². The number of aliphatic carboxylic acids is 1. The fourth-order valence-corrected chi connectivity index (χ4v) is 6.99. The van der Waals surface area contributed by atoms with Crippen LogP contribution in [0.3, 0.4) is 0 Å². The van der Waals surface area contributed by atoms with Gasteiger partial charge in [0, 0.05) is 29.1 Å². The lowest BCUT2D eigenvalue weighted by Gasteiger charge is -2.37. The van der Waals surface area contributed by atoms with E-state index in [0.29, 0.717) is 30.4 Å². The molecule has 0 aromatic heterocycles. The van der Waals surface area contributed by atoms with Crippen LogP contribution < -0.4 is 0 Å². The summed E-state index contributed by atoms with van der Waals surface area (Å²) in [6.07, 6.45) is 4.97. The molecular weight excluding hydrogens is 441 g/mol. The molecule has 33 heavy (non-hydrogen) atoms. The largest absolute Gasteiger partial charge is 0.478 e. The molecule has 5 nitrogen and oxygen atoms in total. The first-order valence-corrected chi connectivity index (χ1v) is 13.0. The molecule has 0 unspecified atom stereocenters. The van der Waals surface area contributed by atoms with Crippen LogP contribution in [-0.4, -0.2) is 29.8 Å². The normalized spacial score (nSPS) is 24.4. The van der Waals surface area contributed by atoms with Crippen LogP contribution in [0, 0.1) is 5.82 Å². The van der Waals surface area contributed by atoms with Crippen molar-refractivity contribution in [1.29, 1.82) is 0 Å². The van der Waals surface area contributed by atoms with Gasteiger partial charge in [-0.15, -0.1) is 0 Å². The Morgan fingerprint density at radius 3 is 2.45 bits per heavy atom. The van der Waals surface area contributed by atoms with Crippen LogP contribution >= 0.6 is 0 Å². The van der Waals surface area contributed by atoms with Gasteiger partial charge in [-0.2, -0.15) is 4.31 Å². The molecule has 0 bridgehead atoms. The molecule has 176 valence electrons. The highest BCUT2D eigenvalue weighted by Crippen LogP contribution is 2.50. The number of carboxylic acids is 1. The molecule has 1 saturated heterocycles. The predicted molar refractivity (Wildman–Crippen MR) is 126 cm³/mol. The van der Waals surface area contributed by atoms with Crippen molar-refractivity contribution in [3.63, 3.8) is 0 Å². The molecule has 0 spiro atoms. The summed E-state index contributed by atoms with van der Waals surface area (Å²) in [6.45, 7) is 3.65. The monoisotopic (exact) mass is 471 g/mol. The van der Waals surface area contributed by atoms with Crippen molar-refractivity contribution in [2.24, 2.45) is 0 Å². The highest BCUT2D eigenvalue weighted by molar-refractivity contribution is 7.89. The summed E-state index contributed by atoms with van der Waals surface area (Å²) in [6, 6.07) is 13.9. The van der Waals surface area contributed by atoms with Gasteiger partial charge in [0.1, 0.15) is 11.1 Å². The van der Waals surface area contributed by atoms with E-state index in [2.05, 4.69) is 0 Å². The predicted octanol–water partition coefficient (Wildman–Crippen LogP) is 5.33. The van der Waals surface area contributed by atoms with Crippen LogP contribution in [0.4, 0.5) is 4.39 Å². The molecule has 1 aliphatic carbocycles. The number of hydrogen-bond donors (Lipinski definition) is 1. The Bertz CT molecular complexity index is 1170. The average molecular weight is 472 g/mol.